The molecule has 0 fully saturated rings. The molecule has 5 heteroatoms. The summed E-state index contributed by atoms with van der Waals surface area (Å²) in [5.41, 5.74) is 2.91. The number of aliphatic hydroxyl groups is 1. The number of hydrogen-bond acceptors (Lipinski definition) is 3. The standard InChI is InChI=1S/C17H24N2O3/c1-17(2,3)22-19(12-21)8-6-14-11-18-16-5-4-13(7-9-20)10-15(14)16/h4-5,10-12,18,20H,6-9H2,1-3H3. The third-order valence-corrected chi connectivity index (χ3v) is 3.34. The summed E-state index contributed by atoms with van der Waals surface area (Å²) >= 11 is 0. The third-order valence-electron chi connectivity index (χ3n) is 3.34. The number of carbonyl (C=O) groups is 1. The minimum Gasteiger partial charge on any atom is -0.396 e. The van der Waals surface area contributed by atoms with E-state index in [0.29, 0.717) is 19.4 Å². The van der Waals surface area contributed by atoms with Gasteiger partial charge >= 0.3 is 0 Å². The zero-order valence-corrected chi connectivity index (χ0v) is 13.4. The van der Waals surface area contributed by atoms with Crippen LogP contribution < -0.4 is 0 Å². The number of aliphatic hydroxyl groups excluding tert-OH is 1. The molecule has 0 radical (unpaired) electrons. The molecule has 2 rings (SSSR count). The molecule has 1 aromatic carbocycles. The van der Waals surface area contributed by atoms with Crippen LogP contribution >= 0.6 is 0 Å². The van der Waals surface area contributed by atoms with Gasteiger partial charge < -0.3 is 10.1 Å². The molecule has 0 saturated carbocycles. The van der Waals surface area contributed by atoms with Gasteiger partial charge in [0, 0.05) is 23.7 Å². The van der Waals surface area contributed by atoms with E-state index in [1.807, 2.05) is 39.1 Å². The molecule has 0 aliphatic carbocycles. The zero-order chi connectivity index (χ0) is 16.2. The lowest BCUT2D eigenvalue weighted by Gasteiger charge is -2.26. The van der Waals surface area contributed by atoms with E-state index in [4.69, 9.17) is 9.94 Å². The van der Waals surface area contributed by atoms with Crippen molar-refractivity contribution in [3.8, 4) is 0 Å². The Kier molecular flexibility index (Phi) is 5.21. The summed E-state index contributed by atoms with van der Waals surface area (Å²) in [6.07, 6.45) is 4.04. The van der Waals surface area contributed by atoms with Crippen molar-refractivity contribution >= 4 is 17.3 Å². The smallest absolute Gasteiger partial charge is 0.233 e. The molecule has 0 unspecified atom stereocenters. The van der Waals surface area contributed by atoms with Gasteiger partial charge in [0.25, 0.3) is 0 Å². The van der Waals surface area contributed by atoms with Gasteiger partial charge in [0.1, 0.15) is 0 Å². The van der Waals surface area contributed by atoms with Crippen molar-refractivity contribution in [1.82, 2.24) is 10.0 Å². The van der Waals surface area contributed by atoms with Gasteiger partial charge in [0.15, 0.2) is 0 Å². The van der Waals surface area contributed by atoms with Gasteiger partial charge in [-0.15, -0.1) is 0 Å². The van der Waals surface area contributed by atoms with Crippen molar-refractivity contribution in [2.75, 3.05) is 13.2 Å². The highest BCUT2D eigenvalue weighted by Crippen LogP contribution is 2.21. The second-order valence-corrected chi connectivity index (χ2v) is 6.37. The third kappa shape index (κ3) is 4.32. The molecule has 0 saturated heterocycles. The molecule has 120 valence electrons. The number of aromatic nitrogens is 1. The Bertz CT molecular complexity index is 628. The average molecular weight is 304 g/mol. The largest absolute Gasteiger partial charge is 0.396 e. The number of nitrogens with zero attached hydrogens (tertiary/aromatic N) is 1. The molecule has 0 bridgehead atoms. The van der Waals surface area contributed by atoms with E-state index in [9.17, 15) is 4.79 Å². The van der Waals surface area contributed by atoms with E-state index >= 15 is 0 Å². The summed E-state index contributed by atoms with van der Waals surface area (Å²) in [6, 6.07) is 6.12. The molecular formula is C17H24N2O3. The quantitative estimate of drug-likeness (QED) is 0.610. The zero-order valence-electron chi connectivity index (χ0n) is 13.4. The van der Waals surface area contributed by atoms with Gasteiger partial charge in [-0.2, -0.15) is 0 Å². The fourth-order valence-electron chi connectivity index (χ4n) is 2.42. The van der Waals surface area contributed by atoms with E-state index in [-0.39, 0.29) is 6.61 Å². The SMILES string of the molecule is CC(C)(C)ON(C=O)CCc1c[nH]c2ccc(CCO)cc12. The maximum Gasteiger partial charge on any atom is 0.233 e. The maximum atomic E-state index is 11.1. The lowest BCUT2D eigenvalue weighted by atomic mass is 10.1. The molecule has 0 spiro atoms. The number of H-pyrrole nitrogens is 1. The van der Waals surface area contributed by atoms with Crippen molar-refractivity contribution in [3.05, 3.63) is 35.5 Å². The molecule has 1 aromatic heterocycles. The summed E-state index contributed by atoms with van der Waals surface area (Å²) in [5, 5.41) is 11.5. The summed E-state index contributed by atoms with van der Waals surface area (Å²) < 4.78 is 0. The molecule has 2 aromatic rings. The predicted octanol–water partition coefficient (Wildman–Crippen LogP) is 2.43. The Morgan fingerprint density at radius 3 is 2.73 bits per heavy atom. The molecule has 1 heterocycles. The van der Waals surface area contributed by atoms with Crippen LogP contribution in [-0.2, 0) is 22.5 Å². The van der Waals surface area contributed by atoms with Crippen LogP contribution in [0.2, 0.25) is 0 Å². The normalized spacial score (nSPS) is 11.8. The van der Waals surface area contributed by atoms with E-state index in [0.717, 1.165) is 28.4 Å². The van der Waals surface area contributed by atoms with E-state index < -0.39 is 5.60 Å². The number of aromatic amines is 1. The number of hydrogen-bond donors (Lipinski definition) is 2. The number of hydroxylamine groups is 2. The molecule has 0 aliphatic rings. The van der Waals surface area contributed by atoms with Crippen LogP contribution in [0.15, 0.2) is 24.4 Å². The fourth-order valence-corrected chi connectivity index (χ4v) is 2.42. The lowest BCUT2D eigenvalue weighted by molar-refractivity contribution is -0.215. The lowest BCUT2D eigenvalue weighted by Crippen LogP contribution is -2.34. The van der Waals surface area contributed by atoms with Gasteiger partial charge in [-0.3, -0.25) is 9.63 Å². The summed E-state index contributed by atoms with van der Waals surface area (Å²) in [7, 11) is 0. The Morgan fingerprint density at radius 2 is 2.09 bits per heavy atom. The van der Waals surface area contributed by atoms with Gasteiger partial charge in [0.2, 0.25) is 6.41 Å². The van der Waals surface area contributed by atoms with Gasteiger partial charge in [-0.25, -0.2) is 5.06 Å². The molecular weight excluding hydrogens is 280 g/mol. The number of fused-ring (bicyclic) bond motifs is 1. The molecule has 2 N–H and O–H groups in total. The molecule has 5 nitrogen and oxygen atoms in total. The van der Waals surface area contributed by atoms with Crippen LogP contribution in [0.1, 0.15) is 31.9 Å². The van der Waals surface area contributed by atoms with Crippen molar-refractivity contribution in [3.63, 3.8) is 0 Å². The number of rotatable bonds is 7. The second kappa shape index (κ2) is 6.94. The first kappa shape index (κ1) is 16.5. The topological polar surface area (TPSA) is 65.6 Å². The highest BCUT2D eigenvalue weighted by molar-refractivity contribution is 5.84. The highest BCUT2D eigenvalue weighted by atomic mass is 16.7. The van der Waals surface area contributed by atoms with Crippen LogP contribution in [0.4, 0.5) is 0 Å². The molecule has 22 heavy (non-hydrogen) atoms. The Morgan fingerprint density at radius 1 is 1.32 bits per heavy atom. The summed E-state index contributed by atoms with van der Waals surface area (Å²) in [6.45, 7) is 6.38. The van der Waals surface area contributed by atoms with Crippen molar-refractivity contribution < 1.29 is 14.7 Å². The minimum absolute atomic E-state index is 0.142. The maximum absolute atomic E-state index is 11.1. The number of nitrogens with one attached hydrogen (secondary N) is 1. The highest BCUT2D eigenvalue weighted by Gasteiger charge is 2.16. The summed E-state index contributed by atoms with van der Waals surface area (Å²) in [4.78, 5) is 19.9. The summed E-state index contributed by atoms with van der Waals surface area (Å²) in [5.74, 6) is 0. The first-order chi connectivity index (χ1) is 10.4. The van der Waals surface area contributed by atoms with E-state index in [1.54, 1.807) is 0 Å². The minimum atomic E-state index is -0.393. The molecule has 1 amide bonds. The Hall–Kier alpha value is -1.85. The number of benzene rings is 1. The van der Waals surface area contributed by atoms with Crippen molar-refractivity contribution in [2.45, 2.75) is 39.2 Å². The van der Waals surface area contributed by atoms with Crippen molar-refractivity contribution in [2.24, 2.45) is 0 Å². The van der Waals surface area contributed by atoms with E-state index in [1.165, 1.54) is 5.06 Å². The van der Waals surface area contributed by atoms with Gasteiger partial charge in [-0.1, -0.05) is 6.07 Å². The van der Waals surface area contributed by atoms with Crippen LogP contribution in [0.3, 0.4) is 0 Å². The van der Waals surface area contributed by atoms with Gasteiger partial charge in [0.05, 0.1) is 12.1 Å². The number of amides is 1. The average Bonchev–Trinajstić information content (AvgIpc) is 2.85. The Labute approximate surface area is 130 Å². The van der Waals surface area contributed by atoms with Crippen molar-refractivity contribution in [1.29, 1.82) is 0 Å². The van der Waals surface area contributed by atoms with Crippen LogP contribution in [0, 0.1) is 0 Å². The van der Waals surface area contributed by atoms with E-state index in [2.05, 4.69) is 11.1 Å². The monoisotopic (exact) mass is 304 g/mol. The first-order valence-electron chi connectivity index (χ1n) is 7.54. The van der Waals surface area contributed by atoms with Crippen LogP contribution in [0.25, 0.3) is 10.9 Å². The predicted molar refractivity (Wildman–Crippen MR) is 86.4 cm³/mol. The van der Waals surface area contributed by atoms with Gasteiger partial charge in [-0.05, 0) is 56.9 Å². The van der Waals surface area contributed by atoms with Crippen LogP contribution in [0.5, 0.6) is 0 Å². The molecule has 0 atom stereocenters. The fraction of sp³-hybridized carbons (Fsp3) is 0.471. The number of carbonyl (C=O) groups excluding carboxylic acids is 1. The molecule has 0 aliphatic heterocycles. The van der Waals surface area contributed by atoms with Crippen LogP contribution in [-0.4, -0.2) is 40.3 Å². The second-order valence-electron chi connectivity index (χ2n) is 6.37. The Balaban J connectivity index is 2.10. The first-order valence-corrected chi connectivity index (χ1v) is 7.54.